The second-order valence-corrected chi connectivity index (χ2v) is 5.74. The molecule has 1 aliphatic rings. The molecule has 3 heteroatoms. The fraction of sp³-hybridized carbons (Fsp3) is 0.471. The second-order valence-electron chi connectivity index (χ2n) is 5.74. The molecule has 3 nitrogen and oxygen atoms in total. The number of hydrogen-bond donors (Lipinski definition) is 1. The maximum Gasteiger partial charge on any atom is 0.254 e. The third kappa shape index (κ3) is 2.45. The van der Waals surface area contributed by atoms with E-state index < -0.39 is 0 Å². The maximum absolute atomic E-state index is 12.8. The molecule has 0 aliphatic carbocycles. The lowest BCUT2D eigenvalue weighted by Gasteiger charge is -2.21. The van der Waals surface area contributed by atoms with Gasteiger partial charge in [-0.1, -0.05) is 19.4 Å². The molecule has 1 saturated heterocycles. The van der Waals surface area contributed by atoms with Crippen molar-refractivity contribution < 1.29 is 4.79 Å². The van der Waals surface area contributed by atoms with Crippen LogP contribution in [0.4, 0.5) is 0 Å². The number of aromatic nitrogens is 1. The molecule has 106 valence electrons. The minimum Gasteiger partial charge on any atom is -0.361 e. The molecule has 1 N–H and O–H groups in total. The molecule has 20 heavy (non-hydrogen) atoms. The number of H-pyrrole nitrogens is 1. The van der Waals surface area contributed by atoms with Crippen LogP contribution < -0.4 is 0 Å². The van der Waals surface area contributed by atoms with E-state index in [2.05, 4.69) is 11.9 Å². The highest BCUT2D eigenvalue weighted by atomic mass is 16.2. The van der Waals surface area contributed by atoms with Crippen molar-refractivity contribution in [3.8, 4) is 0 Å². The number of nitrogens with one attached hydrogen (secondary N) is 1. The van der Waals surface area contributed by atoms with Gasteiger partial charge < -0.3 is 9.88 Å². The quantitative estimate of drug-likeness (QED) is 0.884. The van der Waals surface area contributed by atoms with Gasteiger partial charge in [0.25, 0.3) is 5.91 Å². The minimum atomic E-state index is 0.187. The molecule has 2 heterocycles. The average molecular weight is 270 g/mol. The molecule has 0 saturated carbocycles. The van der Waals surface area contributed by atoms with E-state index >= 15 is 0 Å². The van der Waals surface area contributed by atoms with Gasteiger partial charge >= 0.3 is 0 Å². The maximum atomic E-state index is 12.8. The first-order chi connectivity index (χ1) is 9.79. The monoisotopic (exact) mass is 270 g/mol. The molecule has 0 radical (unpaired) electrons. The van der Waals surface area contributed by atoms with E-state index in [1.165, 1.54) is 12.8 Å². The SMILES string of the molecule is CCC1CCCN(C(=O)c2cccc3[nH]ccc23)CC1. The zero-order chi connectivity index (χ0) is 13.9. The van der Waals surface area contributed by atoms with Crippen molar-refractivity contribution in [2.24, 2.45) is 5.92 Å². The lowest BCUT2D eigenvalue weighted by atomic mass is 9.98. The first-order valence-electron chi connectivity index (χ1n) is 7.65. The van der Waals surface area contributed by atoms with E-state index in [4.69, 9.17) is 0 Å². The molecule has 2 aromatic rings. The second kappa shape index (κ2) is 5.70. The average Bonchev–Trinajstić information content (AvgIpc) is 2.83. The summed E-state index contributed by atoms with van der Waals surface area (Å²) in [6.07, 6.45) is 6.67. The summed E-state index contributed by atoms with van der Waals surface area (Å²) in [4.78, 5) is 18.0. The summed E-state index contributed by atoms with van der Waals surface area (Å²) in [6.45, 7) is 4.05. The number of aromatic amines is 1. The van der Waals surface area contributed by atoms with Crippen LogP contribution in [0.1, 0.15) is 43.0 Å². The number of carbonyl (C=O) groups excluding carboxylic acids is 1. The fourth-order valence-electron chi connectivity index (χ4n) is 3.22. The molecule has 1 unspecified atom stereocenters. The molecule has 1 amide bonds. The Balaban J connectivity index is 1.83. The standard InChI is InChI=1S/C17H22N2O/c1-2-13-5-4-11-19(12-9-13)17(20)15-6-3-7-16-14(15)8-10-18-16/h3,6-8,10,13,18H,2,4-5,9,11-12H2,1H3. The number of amides is 1. The summed E-state index contributed by atoms with van der Waals surface area (Å²) < 4.78 is 0. The molecular weight excluding hydrogens is 248 g/mol. The van der Waals surface area contributed by atoms with Crippen molar-refractivity contribution in [2.45, 2.75) is 32.6 Å². The molecule has 0 spiro atoms. The molecule has 1 atom stereocenters. The van der Waals surface area contributed by atoms with Gasteiger partial charge in [0.05, 0.1) is 0 Å². The lowest BCUT2D eigenvalue weighted by Crippen LogP contribution is -2.32. The fourth-order valence-corrected chi connectivity index (χ4v) is 3.22. The van der Waals surface area contributed by atoms with Crippen LogP contribution in [0.5, 0.6) is 0 Å². The topological polar surface area (TPSA) is 36.1 Å². The van der Waals surface area contributed by atoms with Crippen LogP contribution in [0, 0.1) is 5.92 Å². The van der Waals surface area contributed by atoms with Gasteiger partial charge in [-0.25, -0.2) is 0 Å². The van der Waals surface area contributed by atoms with Crippen molar-refractivity contribution >= 4 is 16.8 Å². The van der Waals surface area contributed by atoms with E-state index in [1.54, 1.807) is 0 Å². The Bertz CT molecular complexity index is 602. The van der Waals surface area contributed by atoms with Crippen LogP contribution in [-0.2, 0) is 0 Å². The summed E-state index contributed by atoms with van der Waals surface area (Å²) in [5.74, 6) is 0.975. The van der Waals surface area contributed by atoms with Gasteiger partial charge in [-0.05, 0) is 43.4 Å². The highest BCUT2D eigenvalue weighted by Crippen LogP contribution is 2.24. The van der Waals surface area contributed by atoms with Crippen LogP contribution in [0.3, 0.4) is 0 Å². The normalized spacial score (nSPS) is 20.1. The van der Waals surface area contributed by atoms with Crippen LogP contribution >= 0.6 is 0 Å². The predicted molar refractivity (Wildman–Crippen MR) is 81.8 cm³/mol. The molecule has 3 rings (SSSR count). The van der Waals surface area contributed by atoms with Crippen molar-refractivity contribution in [1.82, 2.24) is 9.88 Å². The van der Waals surface area contributed by atoms with Crippen molar-refractivity contribution in [1.29, 1.82) is 0 Å². The first kappa shape index (κ1) is 13.2. The van der Waals surface area contributed by atoms with Crippen LogP contribution in [0.2, 0.25) is 0 Å². The van der Waals surface area contributed by atoms with Gasteiger partial charge in [-0.3, -0.25) is 4.79 Å². The van der Waals surface area contributed by atoms with Gasteiger partial charge in [-0.15, -0.1) is 0 Å². The van der Waals surface area contributed by atoms with Gasteiger partial charge in [-0.2, -0.15) is 0 Å². The minimum absolute atomic E-state index is 0.187. The Hall–Kier alpha value is -1.77. The lowest BCUT2D eigenvalue weighted by molar-refractivity contribution is 0.0762. The third-order valence-electron chi connectivity index (χ3n) is 4.54. The molecule has 1 aromatic carbocycles. The highest BCUT2D eigenvalue weighted by molar-refractivity contribution is 6.06. The van der Waals surface area contributed by atoms with Crippen LogP contribution in [-0.4, -0.2) is 28.9 Å². The largest absolute Gasteiger partial charge is 0.361 e. The number of likely N-dealkylation sites (tertiary alicyclic amines) is 1. The Morgan fingerprint density at radius 1 is 1.30 bits per heavy atom. The van der Waals surface area contributed by atoms with Crippen LogP contribution in [0.15, 0.2) is 30.5 Å². The summed E-state index contributed by atoms with van der Waals surface area (Å²) in [6, 6.07) is 7.91. The number of benzene rings is 1. The van der Waals surface area contributed by atoms with Crippen molar-refractivity contribution in [3.63, 3.8) is 0 Å². The number of carbonyl (C=O) groups is 1. The van der Waals surface area contributed by atoms with Crippen molar-refractivity contribution in [2.75, 3.05) is 13.1 Å². The summed E-state index contributed by atoms with van der Waals surface area (Å²) in [5.41, 5.74) is 1.87. The van der Waals surface area contributed by atoms with E-state index in [1.807, 2.05) is 35.4 Å². The Morgan fingerprint density at radius 3 is 3.05 bits per heavy atom. The number of rotatable bonds is 2. The zero-order valence-electron chi connectivity index (χ0n) is 12.1. The first-order valence-corrected chi connectivity index (χ1v) is 7.65. The smallest absolute Gasteiger partial charge is 0.254 e. The Morgan fingerprint density at radius 2 is 2.20 bits per heavy atom. The molecule has 1 aromatic heterocycles. The predicted octanol–water partition coefficient (Wildman–Crippen LogP) is 3.82. The molecule has 1 aliphatic heterocycles. The van der Waals surface area contributed by atoms with Gasteiger partial charge in [0.15, 0.2) is 0 Å². The third-order valence-corrected chi connectivity index (χ3v) is 4.54. The Kier molecular flexibility index (Phi) is 3.77. The zero-order valence-corrected chi connectivity index (χ0v) is 12.1. The van der Waals surface area contributed by atoms with Gasteiger partial charge in [0.1, 0.15) is 0 Å². The Labute approximate surface area is 120 Å². The molecule has 1 fully saturated rings. The number of nitrogens with zero attached hydrogens (tertiary/aromatic N) is 1. The highest BCUT2D eigenvalue weighted by Gasteiger charge is 2.22. The van der Waals surface area contributed by atoms with Crippen LogP contribution in [0.25, 0.3) is 10.9 Å². The molecule has 0 bridgehead atoms. The summed E-state index contributed by atoms with van der Waals surface area (Å²) in [7, 11) is 0. The summed E-state index contributed by atoms with van der Waals surface area (Å²) >= 11 is 0. The van der Waals surface area contributed by atoms with E-state index in [0.29, 0.717) is 0 Å². The van der Waals surface area contributed by atoms with E-state index in [-0.39, 0.29) is 5.91 Å². The summed E-state index contributed by atoms with van der Waals surface area (Å²) in [5, 5.41) is 1.04. The number of fused-ring (bicyclic) bond motifs is 1. The van der Waals surface area contributed by atoms with Gasteiger partial charge in [0, 0.05) is 35.8 Å². The van der Waals surface area contributed by atoms with E-state index in [0.717, 1.165) is 48.3 Å². The van der Waals surface area contributed by atoms with Crippen molar-refractivity contribution in [3.05, 3.63) is 36.0 Å². The number of hydrogen-bond acceptors (Lipinski definition) is 1. The van der Waals surface area contributed by atoms with E-state index in [9.17, 15) is 4.79 Å². The molecular formula is C17H22N2O. The van der Waals surface area contributed by atoms with Gasteiger partial charge in [0.2, 0.25) is 0 Å².